The van der Waals surface area contributed by atoms with E-state index in [2.05, 4.69) is 111 Å². The Morgan fingerprint density at radius 2 is 0.881 bits per heavy atom. The van der Waals surface area contributed by atoms with Gasteiger partial charge in [-0.15, -0.1) is 0 Å². The van der Waals surface area contributed by atoms with Gasteiger partial charge in [0.15, 0.2) is 0 Å². The van der Waals surface area contributed by atoms with E-state index in [1.807, 2.05) is 6.08 Å². The van der Waals surface area contributed by atoms with Crippen LogP contribution in [0.1, 0.15) is 252 Å². The maximum atomic E-state index is 13.2. The number of hydrogen-bond acceptors (Lipinski definition) is 5. The number of ether oxygens (including phenoxy) is 1. The Hall–Kier alpha value is -3.22. The molecule has 0 fully saturated rings. The predicted molar refractivity (Wildman–Crippen MR) is 291 cm³/mol. The van der Waals surface area contributed by atoms with E-state index in [4.69, 9.17) is 4.74 Å². The summed E-state index contributed by atoms with van der Waals surface area (Å²) in [7, 11) is 0. The van der Waals surface area contributed by atoms with Crippen molar-refractivity contribution in [1.82, 2.24) is 5.32 Å². The van der Waals surface area contributed by atoms with E-state index in [0.29, 0.717) is 19.3 Å². The number of allylic oxidation sites excluding steroid dienone is 15. The second-order valence-electron chi connectivity index (χ2n) is 18.7. The second-order valence-corrected chi connectivity index (χ2v) is 18.7. The van der Waals surface area contributed by atoms with E-state index in [0.717, 1.165) is 89.9 Å². The molecule has 0 bridgehead atoms. The molecule has 0 aliphatic heterocycles. The minimum atomic E-state index is -0.829. The molecule has 0 heterocycles. The Bertz CT molecular complexity index is 1320. The summed E-state index contributed by atoms with van der Waals surface area (Å²) >= 11 is 0. The number of unbranched alkanes of at least 4 members (excludes halogenated alkanes) is 25. The minimum Gasteiger partial charge on any atom is -0.458 e. The SMILES string of the molecule is CC/C=C/C/C=C/C/C=C/C/C=C/C/C=C/C(CC(=O)NC(CO)C(O)CCCCCCCCCCCCCCCCCC)OC(=O)CCCCCCC/C=C/C=C/C=C/CCCCCCC. The molecule has 0 saturated heterocycles. The number of hydrogen-bond donors (Lipinski definition) is 3. The van der Waals surface area contributed by atoms with Crippen LogP contribution in [0.2, 0.25) is 0 Å². The maximum Gasteiger partial charge on any atom is 0.306 e. The molecule has 384 valence electrons. The van der Waals surface area contributed by atoms with Gasteiger partial charge in [0.25, 0.3) is 0 Å². The van der Waals surface area contributed by atoms with Gasteiger partial charge in [0.2, 0.25) is 5.91 Å². The monoisotopic (exact) mass is 932 g/mol. The summed E-state index contributed by atoms with van der Waals surface area (Å²) in [6, 6.07) is -0.752. The molecule has 3 N–H and O–H groups in total. The van der Waals surface area contributed by atoms with Gasteiger partial charge in [0, 0.05) is 6.42 Å². The van der Waals surface area contributed by atoms with Crippen LogP contribution in [0.15, 0.2) is 97.2 Å². The van der Waals surface area contributed by atoms with Crippen LogP contribution in [0, 0.1) is 0 Å². The minimum absolute atomic E-state index is 0.0587. The Labute approximate surface area is 414 Å². The normalized spacial score (nSPS) is 13.9. The molecule has 1 amide bonds. The highest BCUT2D eigenvalue weighted by Crippen LogP contribution is 2.16. The number of nitrogens with one attached hydrogen (secondary N) is 1. The highest BCUT2D eigenvalue weighted by atomic mass is 16.5. The van der Waals surface area contributed by atoms with Crippen LogP contribution in [-0.2, 0) is 14.3 Å². The molecule has 0 spiro atoms. The van der Waals surface area contributed by atoms with E-state index in [9.17, 15) is 19.8 Å². The van der Waals surface area contributed by atoms with E-state index < -0.39 is 18.2 Å². The fourth-order valence-electron chi connectivity index (χ4n) is 7.98. The number of carbonyl (C=O) groups is 2. The Balaban J connectivity index is 4.71. The topological polar surface area (TPSA) is 95.9 Å². The molecule has 0 aliphatic carbocycles. The first-order valence-corrected chi connectivity index (χ1v) is 28.0. The number of aliphatic hydroxyl groups excluding tert-OH is 2. The lowest BCUT2D eigenvalue weighted by molar-refractivity contribution is -0.148. The van der Waals surface area contributed by atoms with Crippen LogP contribution in [-0.4, -0.2) is 46.9 Å². The van der Waals surface area contributed by atoms with E-state index >= 15 is 0 Å². The first-order chi connectivity index (χ1) is 33.0. The lowest BCUT2D eigenvalue weighted by Gasteiger charge is -2.23. The van der Waals surface area contributed by atoms with Gasteiger partial charge in [-0.25, -0.2) is 0 Å². The fourth-order valence-corrected chi connectivity index (χ4v) is 7.98. The second kappa shape index (κ2) is 53.7. The summed E-state index contributed by atoms with van der Waals surface area (Å²) in [6.45, 7) is 6.32. The molecule has 67 heavy (non-hydrogen) atoms. The van der Waals surface area contributed by atoms with Gasteiger partial charge in [0.05, 0.1) is 25.2 Å². The zero-order valence-electron chi connectivity index (χ0n) is 43.8. The van der Waals surface area contributed by atoms with Crippen molar-refractivity contribution >= 4 is 11.9 Å². The van der Waals surface area contributed by atoms with Gasteiger partial charge in [-0.3, -0.25) is 9.59 Å². The van der Waals surface area contributed by atoms with Crippen molar-refractivity contribution < 1.29 is 24.5 Å². The molecule has 3 atom stereocenters. The molecular formula is C61H105NO5. The zero-order chi connectivity index (χ0) is 48.8. The number of rotatable bonds is 49. The number of carbonyl (C=O) groups excluding carboxylic acids is 2. The highest BCUT2D eigenvalue weighted by molar-refractivity contribution is 5.78. The summed E-state index contributed by atoms with van der Waals surface area (Å²) < 4.78 is 5.83. The van der Waals surface area contributed by atoms with Crippen molar-refractivity contribution in [3.63, 3.8) is 0 Å². The average Bonchev–Trinajstić information content (AvgIpc) is 3.32. The van der Waals surface area contributed by atoms with Gasteiger partial charge in [0.1, 0.15) is 6.10 Å². The quantitative estimate of drug-likeness (QED) is 0.0244. The molecule has 3 unspecified atom stereocenters. The molecular weight excluding hydrogens is 827 g/mol. The van der Waals surface area contributed by atoms with E-state index in [-0.39, 0.29) is 24.9 Å². The largest absolute Gasteiger partial charge is 0.458 e. The van der Waals surface area contributed by atoms with Crippen molar-refractivity contribution in [2.75, 3.05) is 6.61 Å². The van der Waals surface area contributed by atoms with E-state index in [1.165, 1.54) is 116 Å². The standard InChI is InChI=1S/C61H105NO5/c1-4-7-10-13-16-19-22-25-28-30-31-33-36-39-42-45-48-51-54-61(66)67-57(52-49-46-43-40-37-34-27-24-21-18-15-12-9-6-3)55-60(65)62-58(56-63)59(64)53-50-47-44-41-38-35-32-29-26-23-20-17-14-11-8-5-2/h9,12,18,21-22,25,27-28,30-31,33-34,40,43,49,52,57-59,63-64H,4-8,10-11,13-17,19-20,23-24,26,29,32,35-39,41-42,44-48,50-51,53-56H2,1-3H3,(H,62,65)/b12-9+,21-18+,25-22+,30-28+,33-31+,34-27+,43-40+,52-49+. The van der Waals surface area contributed by atoms with Crippen molar-refractivity contribution in [3.05, 3.63) is 97.2 Å². The Morgan fingerprint density at radius 1 is 0.478 bits per heavy atom. The van der Waals surface area contributed by atoms with Crippen molar-refractivity contribution in [2.24, 2.45) is 0 Å². The van der Waals surface area contributed by atoms with Gasteiger partial charge < -0.3 is 20.3 Å². The molecule has 0 aromatic heterocycles. The smallest absolute Gasteiger partial charge is 0.306 e. The first-order valence-electron chi connectivity index (χ1n) is 28.0. The zero-order valence-corrected chi connectivity index (χ0v) is 43.8. The molecule has 0 aromatic carbocycles. The lowest BCUT2D eigenvalue weighted by atomic mass is 10.0. The molecule has 0 rings (SSSR count). The summed E-state index contributed by atoms with van der Waals surface area (Å²) in [5.41, 5.74) is 0. The maximum absolute atomic E-state index is 13.2. The summed E-state index contributed by atoms with van der Waals surface area (Å²) in [5, 5.41) is 23.8. The predicted octanol–water partition coefficient (Wildman–Crippen LogP) is 17.3. The Kier molecular flexibility index (Phi) is 51.1. The number of esters is 1. The van der Waals surface area contributed by atoms with Crippen molar-refractivity contribution in [1.29, 1.82) is 0 Å². The fraction of sp³-hybridized carbons (Fsp3) is 0.705. The van der Waals surface area contributed by atoms with Gasteiger partial charge in [-0.05, 0) is 76.7 Å². The third-order valence-electron chi connectivity index (χ3n) is 12.2. The number of aliphatic hydroxyl groups is 2. The molecule has 0 aromatic rings. The molecule has 0 radical (unpaired) electrons. The van der Waals surface area contributed by atoms with Crippen LogP contribution in [0.25, 0.3) is 0 Å². The Morgan fingerprint density at radius 3 is 1.33 bits per heavy atom. The van der Waals surface area contributed by atoms with Crippen molar-refractivity contribution in [3.8, 4) is 0 Å². The van der Waals surface area contributed by atoms with E-state index in [1.54, 1.807) is 6.08 Å². The van der Waals surface area contributed by atoms with Crippen LogP contribution in [0.3, 0.4) is 0 Å². The van der Waals surface area contributed by atoms with Crippen LogP contribution < -0.4 is 5.32 Å². The number of amides is 1. The summed E-state index contributed by atoms with van der Waals surface area (Å²) in [5.74, 6) is -0.654. The lowest BCUT2D eigenvalue weighted by Crippen LogP contribution is -2.46. The van der Waals surface area contributed by atoms with Crippen LogP contribution in [0.4, 0.5) is 0 Å². The van der Waals surface area contributed by atoms with Gasteiger partial charge in [-0.1, -0.05) is 260 Å². The summed E-state index contributed by atoms with van der Waals surface area (Å²) in [6.07, 6.45) is 72.1. The molecule has 0 aliphatic rings. The van der Waals surface area contributed by atoms with Crippen LogP contribution >= 0.6 is 0 Å². The third-order valence-corrected chi connectivity index (χ3v) is 12.2. The average molecular weight is 933 g/mol. The highest BCUT2D eigenvalue weighted by Gasteiger charge is 2.23. The van der Waals surface area contributed by atoms with Crippen LogP contribution in [0.5, 0.6) is 0 Å². The summed E-state index contributed by atoms with van der Waals surface area (Å²) in [4.78, 5) is 26.2. The molecule has 0 saturated carbocycles. The first kappa shape index (κ1) is 63.8. The van der Waals surface area contributed by atoms with Crippen molar-refractivity contribution in [2.45, 2.75) is 270 Å². The molecule has 6 nitrogen and oxygen atoms in total. The third kappa shape index (κ3) is 49.0. The van der Waals surface area contributed by atoms with Gasteiger partial charge in [-0.2, -0.15) is 0 Å². The van der Waals surface area contributed by atoms with Gasteiger partial charge >= 0.3 is 5.97 Å². The molecule has 6 heteroatoms.